The van der Waals surface area contributed by atoms with E-state index in [0.717, 1.165) is 5.01 Å². The van der Waals surface area contributed by atoms with Gasteiger partial charge in [0, 0.05) is 17.5 Å². The molecule has 0 saturated carbocycles. The summed E-state index contributed by atoms with van der Waals surface area (Å²) < 4.78 is 0. The molecule has 0 spiro atoms. The summed E-state index contributed by atoms with van der Waals surface area (Å²) in [5, 5.41) is 6.10. The summed E-state index contributed by atoms with van der Waals surface area (Å²) in [4.78, 5) is 16.2. The third-order valence-corrected chi connectivity index (χ3v) is 3.97. The summed E-state index contributed by atoms with van der Waals surface area (Å²) in [6.07, 6.45) is 0.671. The number of halogens is 2. The molecule has 0 aliphatic heterocycles. The Kier molecular flexibility index (Phi) is 4.76. The first-order valence-corrected chi connectivity index (χ1v) is 7.14. The third-order valence-electron chi connectivity index (χ3n) is 2.32. The summed E-state index contributed by atoms with van der Waals surface area (Å²) in [6, 6.07) is 4.90. The number of nitrogens with zero attached hydrogens (tertiary/aromatic N) is 1. The lowest BCUT2D eigenvalue weighted by molar-refractivity contribution is 0.102. The molecule has 7 heteroatoms. The number of benzene rings is 1. The Balaban J connectivity index is 2.09. The molecule has 0 atom stereocenters. The predicted octanol–water partition coefficient (Wildman–Crippen LogP) is 3.20. The highest BCUT2D eigenvalue weighted by atomic mass is 35.5. The number of amides is 1. The molecule has 1 amide bonds. The number of hydrogen-bond donors (Lipinski definition) is 2. The SMILES string of the molecule is NCCc1nc(C(=O)Nc2ccc(Cl)c(Cl)c2)cs1. The molecular weight excluding hydrogens is 305 g/mol. The predicted molar refractivity (Wildman–Crippen MR) is 79.3 cm³/mol. The molecule has 2 aromatic rings. The van der Waals surface area contributed by atoms with E-state index >= 15 is 0 Å². The van der Waals surface area contributed by atoms with Crippen molar-refractivity contribution in [2.75, 3.05) is 11.9 Å². The van der Waals surface area contributed by atoms with Gasteiger partial charge in [0.15, 0.2) is 0 Å². The zero-order valence-electron chi connectivity index (χ0n) is 9.82. The van der Waals surface area contributed by atoms with Crippen molar-refractivity contribution in [3.05, 3.63) is 44.3 Å². The van der Waals surface area contributed by atoms with Crippen molar-refractivity contribution in [2.24, 2.45) is 5.73 Å². The van der Waals surface area contributed by atoms with Crippen LogP contribution in [0.1, 0.15) is 15.5 Å². The largest absolute Gasteiger partial charge is 0.330 e. The van der Waals surface area contributed by atoms with Gasteiger partial charge in [0.25, 0.3) is 5.91 Å². The number of carbonyl (C=O) groups is 1. The maximum absolute atomic E-state index is 12.0. The molecule has 0 fully saturated rings. The maximum Gasteiger partial charge on any atom is 0.275 e. The number of rotatable bonds is 4. The molecule has 0 aliphatic rings. The number of nitrogens with one attached hydrogen (secondary N) is 1. The van der Waals surface area contributed by atoms with Crippen LogP contribution in [-0.2, 0) is 6.42 Å². The summed E-state index contributed by atoms with van der Waals surface area (Å²) in [6.45, 7) is 0.515. The van der Waals surface area contributed by atoms with Crippen LogP contribution in [0.5, 0.6) is 0 Å². The van der Waals surface area contributed by atoms with Crippen molar-refractivity contribution < 1.29 is 4.79 Å². The normalized spacial score (nSPS) is 10.5. The van der Waals surface area contributed by atoms with E-state index in [1.54, 1.807) is 23.6 Å². The van der Waals surface area contributed by atoms with Gasteiger partial charge in [-0.2, -0.15) is 0 Å². The van der Waals surface area contributed by atoms with Crippen LogP contribution in [0.3, 0.4) is 0 Å². The number of thiazole rings is 1. The Bertz CT molecular complexity index is 600. The Morgan fingerprint density at radius 2 is 2.16 bits per heavy atom. The van der Waals surface area contributed by atoms with Gasteiger partial charge in [-0.05, 0) is 24.7 Å². The molecule has 0 radical (unpaired) electrons. The average molecular weight is 316 g/mol. The zero-order chi connectivity index (χ0) is 13.8. The lowest BCUT2D eigenvalue weighted by atomic mass is 10.3. The van der Waals surface area contributed by atoms with Gasteiger partial charge in [-0.25, -0.2) is 4.98 Å². The minimum absolute atomic E-state index is 0.280. The van der Waals surface area contributed by atoms with Gasteiger partial charge < -0.3 is 11.1 Å². The van der Waals surface area contributed by atoms with E-state index in [1.165, 1.54) is 11.3 Å². The summed E-state index contributed by atoms with van der Waals surface area (Å²) >= 11 is 13.1. The molecular formula is C12H11Cl2N3OS. The van der Waals surface area contributed by atoms with Crippen LogP contribution in [0, 0.1) is 0 Å². The van der Waals surface area contributed by atoms with Gasteiger partial charge >= 0.3 is 0 Å². The van der Waals surface area contributed by atoms with Crippen molar-refractivity contribution in [3.63, 3.8) is 0 Å². The highest BCUT2D eigenvalue weighted by molar-refractivity contribution is 7.09. The minimum Gasteiger partial charge on any atom is -0.330 e. The van der Waals surface area contributed by atoms with E-state index in [-0.39, 0.29) is 5.91 Å². The lowest BCUT2D eigenvalue weighted by Crippen LogP contribution is -2.12. The Morgan fingerprint density at radius 3 is 2.84 bits per heavy atom. The zero-order valence-corrected chi connectivity index (χ0v) is 12.1. The fourth-order valence-corrected chi connectivity index (χ4v) is 2.51. The first kappa shape index (κ1) is 14.3. The topological polar surface area (TPSA) is 68.0 Å². The highest BCUT2D eigenvalue weighted by Gasteiger charge is 2.11. The third kappa shape index (κ3) is 3.67. The summed E-state index contributed by atoms with van der Waals surface area (Å²) in [5.74, 6) is -0.280. The van der Waals surface area contributed by atoms with Crippen LogP contribution < -0.4 is 11.1 Å². The van der Waals surface area contributed by atoms with Gasteiger partial charge in [-0.3, -0.25) is 4.79 Å². The van der Waals surface area contributed by atoms with Crippen molar-refractivity contribution in [3.8, 4) is 0 Å². The monoisotopic (exact) mass is 315 g/mol. The molecule has 100 valence electrons. The molecule has 0 saturated heterocycles. The Labute approximate surface area is 124 Å². The molecule has 19 heavy (non-hydrogen) atoms. The van der Waals surface area contributed by atoms with Crippen LogP contribution in [0.25, 0.3) is 0 Å². The lowest BCUT2D eigenvalue weighted by Gasteiger charge is -2.04. The molecule has 0 aliphatic carbocycles. The average Bonchev–Trinajstić information content (AvgIpc) is 2.83. The second-order valence-electron chi connectivity index (χ2n) is 3.75. The number of nitrogens with two attached hydrogens (primary N) is 1. The van der Waals surface area contributed by atoms with Crippen molar-refractivity contribution in [1.82, 2.24) is 4.98 Å². The molecule has 3 N–H and O–H groups in total. The standard InChI is InChI=1S/C12H11Cl2N3OS/c13-8-2-1-7(5-9(8)14)16-12(18)10-6-19-11(17-10)3-4-15/h1-2,5-6H,3-4,15H2,(H,16,18). The van der Waals surface area contributed by atoms with Gasteiger partial charge in [-0.1, -0.05) is 23.2 Å². The van der Waals surface area contributed by atoms with E-state index in [0.29, 0.717) is 34.4 Å². The van der Waals surface area contributed by atoms with E-state index in [2.05, 4.69) is 10.3 Å². The number of anilines is 1. The molecule has 2 rings (SSSR count). The number of carbonyl (C=O) groups excluding carboxylic acids is 1. The van der Waals surface area contributed by atoms with E-state index < -0.39 is 0 Å². The fourth-order valence-electron chi connectivity index (χ4n) is 1.42. The van der Waals surface area contributed by atoms with Crippen molar-refractivity contribution >= 4 is 46.1 Å². The van der Waals surface area contributed by atoms with Crippen LogP contribution >= 0.6 is 34.5 Å². The molecule has 0 unspecified atom stereocenters. The smallest absolute Gasteiger partial charge is 0.275 e. The highest BCUT2D eigenvalue weighted by Crippen LogP contribution is 2.25. The molecule has 0 bridgehead atoms. The molecule has 1 aromatic carbocycles. The molecule has 4 nitrogen and oxygen atoms in total. The van der Waals surface area contributed by atoms with Crippen LogP contribution in [0.15, 0.2) is 23.6 Å². The molecule has 1 aromatic heterocycles. The van der Waals surface area contributed by atoms with Crippen LogP contribution in [-0.4, -0.2) is 17.4 Å². The van der Waals surface area contributed by atoms with Crippen LogP contribution in [0.4, 0.5) is 5.69 Å². The van der Waals surface area contributed by atoms with Gasteiger partial charge in [0.1, 0.15) is 5.69 Å². The first-order valence-electron chi connectivity index (χ1n) is 5.51. The fraction of sp³-hybridized carbons (Fsp3) is 0.167. The van der Waals surface area contributed by atoms with Gasteiger partial charge in [0.05, 0.1) is 15.1 Å². The Morgan fingerprint density at radius 1 is 1.37 bits per heavy atom. The van der Waals surface area contributed by atoms with E-state index in [1.807, 2.05) is 0 Å². The van der Waals surface area contributed by atoms with Crippen molar-refractivity contribution in [2.45, 2.75) is 6.42 Å². The van der Waals surface area contributed by atoms with Gasteiger partial charge in [-0.15, -0.1) is 11.3 Å². The van der Waals surface area contributed by atoms with Gasteiger partial charge in [0.2, 0.25) is 0 Å². The Hall–Kier alpha value is -1.14. The second-order valence-corrected chi connectivity index (χ2v) is 5.51. The minimum atomic E-state index is -0.280. The van der Waals surface area contributed by atoms with Crippen LogP contribution in [0.2, 0.25) is 10.0 Å². The number of hydrogen-bond acceptors (Lipinski definition) is 4. The summed E-state index contributed by atoms with van der Waals surface area (Å²) in [7, 11) is 0. The van der Waals surface area contributed by atoms with E-state index in [9.17, 15) is 4.79 Å². The number of aromatic nitrogens is 1. The quantitative estimate of drug-likeness (QED) is 0.910. The first-order chi connectivity index (χ1) is 9.10. The van der Waals surface area contributed by atoms with Crippen molar-refractivity contribution in [1.29, 1.82) is 0 Å². The van der Waals surface area contributed by atoms with E-state index in [4.69, 9.17) is 28.9 Å². The maximum atomic E-state index is 12.0. The molecule has 1 heterocycles. The summed E-state index contributed by atoms with van der Waals surface area (Å²) in [5.41, 5.74) is 6.39. The second kappa shape index (κ2) is 6.34.